The van der Waals surface area contributed by atoms with Gasteiger partial charge in [0, 0.05) is 11.8 Å². The minimum absolute atomic E-state index is 0.222. The van der Waals surface area contributed by atoms with Crippen LogP contribution in [0.2, 0.25) is 0 Å². The largest absolute Gasteiger partial charge is 0.494 e. The summed E-state index contributed by atoms with van der Waals surface area (Å²) in [6.07, 6.45) is 4.84. The summed E-state index contributed by atoms with van der Waals surface area (Å²) in [4.78, 5) is 12.1. The molecule has 0 heterocycles. The fraction of sp³-hybridized carbons (Fsp3) is 0.190. The van der Waals surface area contributed by atoms with Crippen LogP contribution in [-0.2, 0) is 4.79 Å². The zero-order valence-corrected chi connectivity index (χ0v) is 15.0. The van der Waals surface area contributed by atoms with E-state index in [1.807, 2.05) is 25.1 Å². The molecule has 0 aliphatic heterocycles. The molecule has 0 radical (unpaired) electrons. The zero-order chi connectivity index (χ0) is 18.8. The highest BCUT2D eigenvalue weighted by Crippen LogP contribution is 2.28. The van der Waals surface area contributed by atoms with Crippen LogP contribution in [0, 0.1) is 0 Å². The van der Waals surface area contributed by atoms with Crippen molar-refractivity contribution >= 4 is 17.7 Å². The minimum atomic E-state index is -0.222. The summed E-state index contributed by atoms with van der Waals surface area (Å²) in [6, 6.07) is 12.7. The minimum Gasteiger partial charge on any atom is -0.494 e. The highest BCUT2D eigenvalue weighted by Gasteiger charge is 2.04. The van der Waals surface area contributed by atoms with Gasteiger partial charge in [-0.15, -0.1) is 0 Å². The maximum absolute atomic E-state index is 12.1. The van der Waals surface area contributed by atoms with Gasteiger partial charge in [-0.1, -0.05) is 18.7 Å². The third-order valence-corrected chi connectivity index (χ3v) is 3.40. The van der Waals surface area contributed by atoms with Gasteiger partial charge in [0.1, 0.15) is 12.4 Å². The number of hydrogen-bond acceptors (Lipinski definition) is 4. The summed E-state index contributed by atoms with van der Waals surface area (Å²) >= 11 is 0. The number of rotatable bonds is 9. The molecule has 0 atom stereocenters. The van der Waals surface area contributed by atoms with Crippen molar-refractivity contribution in [3.8, 4) is 17.2 Å². The Hall–Kier alpha value is -3.21. The molecule has 0 saturated carbocycles. The van der Waals surface area contributed by atoms with Gasteiger partial charge in [0.15, 0.2) is 11.5 Å². The van der Waals surface area contributed by atoms with E-state index in [2.05, 4.69) is 11.9 Å². The number of amides is 1. The second-order valence-electron chi connectivity index (χ2n) is 5.29. The first-order valence-electron chi connectivity index (χ1n) is 8.30. The Balaban J connectivity index is 1.99. The molecule has 0 aromatic heterocycles. The van der Waals surface area contributed by atoms with Gasteiger partial charge in [-0.05, 0) is 55.0 Å². The summed E-state index contributed by atoms with van der Waals surface area (Å²) < 4.78 is 16.2. The van der Waals surface area contributed by atoms with Crippen LogP contribution in [0.3, 0.4) is 0 Å². The monoisotopic (exact) mass is 353 g/mol. The molecule has 1 amide bonds. The van der Waals surface area contributed by atoms with Crippen LogP contribution in [0.1, 0.15) is 12.5 Å². The van der Waals surface area contributed by atoms with E-state index in [1.165, 1.54) is 6.08 Å². The Kier molecular flexibility index (Phi) is 7.31. The van der Waals surface area contributed by atoms with Gasteiger partial charge in [-0.3, -0.25) is 4.79 Å². The second kappa shape index (κ2) is 9.93. The molecule has 5 heteroatoms. The number of carbonyl (C=O) groups is 1. The third-order valence-electron chi connectivity index (χ3n) is 3.40. The highest BCUT2D eigenvalue weighted by molar-refractivity contribution is 6.01. The van der Waals surface area contributed by atoms with E-state index in [0.717, 1.165) is 11.3 Å². The van der Waals surface area contributed by atoms with Crippen molar-refractivity contribution in [1.29, 1.82) is 0 Å². The summed E-state index contributed by atoms with van der Waals surface area (Å²) in [6.45, 7) is 6.55. The predicted molar refractivity (Wildman–Crippen MR) is 104 cm³/mol. The number of anilines is 1. The van der Waals surface area contributed by atoms with Crippen molar-refractivity contribution in [2.24, 2.45) is 0 Å². The summed E-state index contributed by atoms with van der Waals surface area (Å²) in [5.41, 5.74) is 1.53. The number of ether oxygens (including phenoxy) is 3. The Morgan fingerprint density at radius 2 is 1.88 bits per heavy atom. The molecule has 0 unspecified atom stereocenters. The van der Waals surface area contributed by atoms with E-state index >= 15 is 0 Å². The van der Waals surface area contributed by atoms with Crippen LogP contribution in [0.4, 0.5) is 5.69 Å². The average molecular weight is 353 g/mol. The molecule has 26 heavy (non-hydrogen) atoms. The molecule has 0 aliphatic rings. The maximum atomic E-state index is 12.1. The molecule has 0 aliphatic carbocycles. The summed E-state index contributed by atoms with van der Waals surface area (Å²) in [7, 11) is 1.57. The van der Waals surface area contributed by atoms with Gasteiger partial charge in [-0.25, -0.2) is 0 Å². The van der Waals surface area contributed by atoms with Crippen LogP contribution < -0.4 is 19.5 Å². The van der Waals surface area contributed by atoms with Crippen molar-refractivity contribution in [3.63, 3.8) is 0 Å². The zero-order valence-electron chi connectivity index (χ0n) is 15.0. The van der Waals surface area contributed by atoms with Gasteiger partial charge in [0.2, 0.25) is 5.91 Å². The van der Waals surface area contributed by atoms with Crippen molar-refractivity contribution in [1.82, 2.24) is 0 Å². The molecule has 2 rings (SSSR count). The molecule has 0 fully saturated rings. The number of carbonyl (C=O) groups excluding carboxylic acids is 1. The Morgan fingerprint density at radius 1 is 1.12 bits per heavy atom. The molecule has 0 spiro atoms. The third kappa shape index (κ3) is 5.70. The standard InChI is InChI=1S/C21H23NO4/c1-4-14-26-19-12-6-16(15-20(19)24-3)7-13-21(23)22-17-8-10-18(11-9-17)25-5-2/h4,6-13,15H,1,5,14H2,2-3H3,(H,22,23)/b13-7+. The second-order valence-corrected chi connectivity index (χ2v) is 5.29. The topological polar surface area (TPSA) is 56.8 Å². The Morgan fingerprint density at radius 3 is 2.54 bits per heavy atom. The molecule has 2 aromatic carbocycles. The fourth-order valence-corrected chi connectivity index (χ4v) is 2.21. The lowest BCUT2D eigenvalue weighted by molar-refractivity contribution is -0.111. The van der Waals surface area contributed by atoms with Gasteiger partial charge >= 0.3 is 0 Å². The first-order valence-corrected chi connectivity index (χ1v) is 8.30. The van der Waals surface area contributed by atoms with Gasteiger partial charge < -0.3 is 19.5 Å². The van der Waals surface area contributed by atoms with Gasteiger partial charge in [0.25, 0.3) is 0 Å². The lowest BCUT2D eigenvalue weighted by Gasteiger charge is -2.09. The summed E-state index contributed by atoms with van der Waals surface area (Å²) in [5, 5.41) is 2.80. The molecule has 136 valence electrons. The number of methoxy groups -OCH3 is 1. The average Bonchev–Trinajstić information content (AvgIpc) is 2.66. The van der Waals surface area contributed by atoms with Crippen molar-refractivity contribution in [3.05, 3.63) is 66.8 Å². The van der Waals surface area contributed by atoms with Crippen LogP contribution in [0.5, 0.6) is 17.2 Å². The predicted octanol–water partition coefficient (Wildman–Crippen LogP) is 4.31. The first kappa shape index (κ1) is 19.1. The first-order chi connectivity index (χ1) is 12.7. The van der Waals surface area contributed by atoms with Crippen LogP contribution in [-0.4, -0.2) is 26.2 Å². The molecule has 2 aromatic rings. The van der Waals surface area contributed by atoms with E-state index in [-0.39, 0.29) is 5.91 Å². The lowest BCUT2D eigenvalue weighted by atomic mass is 10.2. The van der Waals surface area contributed by atoms with Gasteiger partial charge in [-0.2, -0.15) is 0 Å². The summed E-state index contributed by atoms with van der Waals surface area (Å²) in [5.74, 6) is 1.77. The molecule has 5 nitrogen and oxygen atoms in total. The molecule has 0 saturated heterocycles. The number of hydrogen-bond donors (Lipinski definition) is 1. The van der Waals surface area contributed by atoms with E-state index in [0.29, 0.717) is 30.4 Å². The van der Waals surface area contributed by atoms with Crippen molar-refractivity contribution in [2.75, 3.05) is 25.6 Å². The maximum Gasteiger partial charge on any atom is 0.248 e. The smallest absolute Gasteiger partial charge is 0.248 e. The van der Waals surface area contributed by atoms with E-state index < -0.39 is 0 Å². The van der Waals surface area contributed by atoms with E-state index in [1.54, 1.807) is 43.5 Å². The highest BCUT2D eigenvalue weighted by atomic mass is 16.5. The molecular weight excluding hydrogens is 330 g/mol. The van der Waals surface area contributed by atoms with Crippen LogP contribution >= 0.6 is 0 Å². The Bertz CT molecular complexity index is 766. The molecular formula is C21H23NO4. The van der Waals surface area contributed by atoms with Crippen LogP contribution in [0.15, 0.2) is 61.2 Å². The molecule has 0 bridgehead atoms. The lowest BCUT2D eigenvalue weighted by Crippen LogP contribution is -2.07. The van der Waals surface area contributed by atoms with Gasteiger partial charge in [0.05, 0.1) is 13.7 Å². The van der Waals surface area contributed by atoms with E-state index in [4.69, 9.17) is 14.2 Å². The quantitative estimate of drug-likeness (QED) is 0.539. The fourth-order valence-electron chi connectivity index (χ4n) is 2.21. The van der Waals surface area contributed by atoms with Crippen molar-refractivity contribution in [2.45, 2.75) is 6.92 Å². The Labute approximate surface area is 153 Å². The SMILES string of the molecule is C=CCOc1ccc(/C=C/C(=O)Nc2ccc(OCC)cc2)cc1OC. The number of nitrogens with one attached hydrogen (secondary N) is 1. The van der Waals surface area contributed by atoms with Crippen LogP contribution in [0.25, 0.3) is 6.08 Å². The molecule has 1 N–H and O–H groups in total. The normalized spacial score (nSPS) is 10.4. The van der Waals surface area contributed by atoms with E-state index in [9.17, 15) is 4.79 Å². The number of benzene rings is 2. The van der Waals surface area contributed by atoms with Crippen molar-refractivity contribution < 1.29 is 19.0 Å².